The van der Waals surface area contributed by atoms with Crippen LogP contribution in [0.5, 0.6) is 0 Å². The van der Waals surface area contributed by atoms with E-state index in [0.29, 0.717) is 0 Å². The lowest BCUT2D eigenvalue weighted by atomic mass is 10.2. The second kappa shape index (κ2) is 7.16. The van der Waals surface area contributed by atoms with Gasteiger partial charge in [0.1, 0.15) is 12.2 Å². The van der Waals surface area contributed by atoms with Gasteiger partial charge in [-0.25, -0.2) is 4.57 Å². The monoisotopic (exact) mass is 328 g/mol. The van der Waals surface area contributed by atoms with Crippen LogP contribution in [0, 0.1) is 0 Å². The minimum absolute atomic E-state index is 0.818. The van der Waals surface area contributed by atoms with Crippen LogP contribution in [0.15, 0.2) is 12.3 Å². The van der Waals surface area contributed by atoms with E-state index < -0.39 is 23.8 Å². The first-order valence-corrected chi connectivity index (χ1v) is 6.75. The molecule has 0 fully saturated rings. The molecule has 0 aliphatic carbocycles. The lowest BCUT2D eigenvalue weighted by Crippen LogP contribution is -2.36. The van der Waals surface area contributed by atoms with Crippen molar-refractivity contribution in [3.8, 4) is 0 Å². The Morgan fingerprint density at radius 3 is 2.06 bits per heavy atom. The smallest absolute Gasteiger partial charge is 0.412 e. The fraction of sp³-hybridized carbons (Fsp3) is 0.714. The van der Waals surface area contributed by atoms with Gasteiger partial charge in [0.2, 0.25) is 3.79 Å². The van der Waals surface area contributed by atoms with Gasteiger partial charge in [0, 0.05) is 14.2 Å². The summed E-state index contributed by atoms with van der Waals surface area (Å²) in [5, 5.41) is 18.7. The third-order valence-electron chi connectivity index (χ3n) is 1.57. The van der Waals surface area contributed by atoms with E-state index in [0.717, 1.165) is 26.6 Å². The third kappa shape index (κ3) is 6.27. The van der Waals surface area contributed by atoms with Gasteiger partial charge in [-0.05, 0) is 6.08 Å². The summed E-state index contributed by atoms with van der Waals surface area (Å²) < 4.78 is 22.8. The summed E-state index contributed by atoms with van der Waals surface area (Å²) in [5.41, 5.74) is 0. The molecule has 17 heavy (non-hydrogen) atoms. The number of hydrogen-bond donors (Lipinski definition) is 2. The van der Waals surface area contributed by atoms with Crippen molar-refractivity contribution in [2.24, 2.45) is 0 Å². The van der Waals surface area contributed by atoms with Gasteiger partial charge in [0.05, 0.1) is 6.26 Å². The molecule has 0 saturated carbocycles. The van der Waals surface area contributed by atoms with E-state index in [1.165, 1.54) is 0 Å². The highest BCUT2D eigenvalue weighted by Gasteiger charge is 2.35. The second-order valence-electron chi connectivity index (χ2n) is 2.72. The third-order valence-corrected chi connectivity index (χ3v) is 3.52. The molecule has 0 rings (SSSR count). The van der Waals surface area contributed by atoms with E-state index >= 15 is 0 Å². The van der Waals surface area contributed by atoms with Crippen molar-refractivity contribution >= 4 is 42.6 Å². The molecule has 2 N–H and O–H groups in total. The predicted molar refractivity (Wildman–Crippen MR) is 64.2 cm³/mol. The Bertz CT molecular complexity index is 296. The van der Waals surface area contributed by atoms with Gasteiger partial charge in [0.25, 0.3) is 0 Å². The first-order valence-electron chi connectivity index (χ1n) is 4.15. The molecule has 0 spiro atoms. The van der Waals surface area contributed by atoms with Crippen LogP contribution in [0.2, 0.25) is 0 Å². The predicted octanol–water partition coefficient (Wildman–Crippen LogP) is 2.01. The van der Waals surface area contributed by atoms with Crippen LogP contribution in [0.1, 0.15) is 0 Å². The Kier molecular flexibility index (Phi) is 7.37. The molecule has 0 aromatic rings. The molecular weight excluding hydrogens is 317 g/mol. The highest BCUT2D eigenvalue weighted by Crippen LogP contribution is 2.47. The van der Waals surface area contributed by atoms with Gasteiger partial charge in [0.15, 0.2) is 0 Å². The SMILES string of the molecule is COP(=O)(OC)OC=CC(O)C(O)C(Cl)(Cl)Cl. The lowest BCUT2D eigenvalue weighted by Gasteiger charge is -2.21. The number of halogens is 3. The Balaban J connectivity index is 4.40. The Hall–Kier alpha value is 0.480. The molecule has 0 radical (unpaired) electrons. The summed E-state index contributed by atoms with van der Waals surface area (Å²) in [6, 6.07) is 0. The van der Waals surface area contributed by atoms with E-state index in [2.05, 4.69) is 13.6 Å². The van der Waals surface area contributed by atoms with Crippen molar-refractivity contribution in [1.29, 1.82) is 0 Å². The number of aliphatic hydroxyl groups is 2. The molecule has 102 valence electrons. The molecule has 2 atom stereocenters. The van der Waals surface area contributed by atoms with Gasteiger partial charge in [-0.15, -0.1) is 0 Å². The van der Waals surface area contributed by atoms with Crippen molar-refractivity contribution in [2.75, 3.05) is 14.2 Å². The molecule has 6 nitrogen and oxygen atoms in total. The first-order chi connectivity index (χ1) is 7.66. The zero-order chi connectivity index (χ0) is 13.7. The number of alkyl halides is 3. The average molecular weight is 330 g/mol. The maximum atomic E-state index is 11.4. The van der Waals surface area contributed by atoms with E-state index in [4.69, 9.17) is 34.8 Å². The van der Waals surface area contributed by atoms with Crippen LogP contribution in [-0.4, -0.2) is 40.4 Å². The molecular formula is C7H12Cl3O6P. The maximum absolute atomic E-state index is 11.4. The molecule has 10 heteroatoms. The van der Waals surface area contributed by atoms with Gasteiger partial charge in [-0.2, -0.15) is 0 Å². The summed E-state index contributed by atoms with van der Waals surface area (Å²) in [4.78, 5) is 0. The number of phosphoric acid groups is 1. The van der Waals surface area contributed by atoms with E-state index in [1.54, 1.807) is 0 Å². The average Bonchev–Trinajstić information content (AvgIpc) is 2.26. The topological polar surface area (TPSA) is 85.2 Å². The fourth-order valence-corrected chi connectivity index (χ4v) is 1.58. The molecule has 0 heterocycles. The molecule has 0 saturated heterocycles. The van der Waals surface area contributed by atoms with Gasteiger partial charge >= 0.3 is 7.82 Å². The summed E-state index contributed by atoms with van der Waals surface area (Å²) in [6.45, 7) is 0. The van der Waals surface area contributed by atoms with E-state index in [1.807, 2.05) is 0 Å². The van der Waals surface area contributed by atoms with Gasteiger partial charge < -0.3 is 14.7 Å². The molecule has 2 unspecified atom stereocenters. The second-order valence-corrected chi connectivity index (χ2v) is 6.93. The zero-order valence-electron chi connectivity index (χ0n) is 8.92. The van der Waals surface area contributed by atoms with Crippen molar-refractivity contribution in [1.82, 2.24) is 0 Å². The number of rotatable bonds is 6. The van der Waals surface area contributed by atoms with Crippen LogP contribution in [0.25, 0.3) is 0 Å². The summed E-state index contributed by atoms with van der Waals surface area (Å²) in [7, 11) is -1.46. The molecule has 0 amide bonds. The minimum atomic E-state index is -3.69. The number of aliphatic hydroxyl groups excluding tert-OH is 2. The van der Waals surface area contributed by atoms with Crippen molar-refractivity contribution in [2.45, 2.75) is 16.0 Å². The Morgan fingerprint density at radius 1 is 1.24 bits per heavy atom. The minimum Gasteiger partial charge on any atom is -0.412 e. The van der Waals surface area contributed by atoms with Crippen molar-refractivity contribution in [3.05, 3.63) is 12.3 Å². The van der Waals surface area contributed by atoms with Crippen LogP contribution in [0.3, 0.4) is 0 Å². The van der Waals surface area contributed by atoms with Gasteiger partial charge in [-0.3, -0.25) is 9.05 Å². The van der Waals surface area contributed by atoms with Crippen molar-refractivity contribution < 1.29 is 28.3 Å². The quantitative estimate of drug-likeness (QED) is 0.440. The highest BCUT2D eigenvalue weighted by atomic mass is 35.6. The fourth-order valence-electron chi connectivity index (χ4n) is 0.650. The molecule has 0 aromatic heterocycles. The lowest BCUT2D eigenvalue weighted by molar-refractivity contribution is 0.0504. The van der Waals surface area contributed by atoms with Crippen LogP contribution in [0.4, 0.5) is 0 Å². The van der Waals surface area contributed by atoms with Crippen LogP contribution >= 0.6 is 42.6 Å². The van der Waals surface area contributed by atoms with Gasteiger partial charge in [-0.1, -0.05) is 34.8 Å². The van der Waals surface area contributed by atoms with E-state index in [-0.39, 0.29) is 0 Å². The summed E-state index contributed by atoms with van der Waals surface area (Å²) in [5.74, 6) is 0. The summed E-state index contributed by atoms with van der Waals surface area (Å²) >= 11 is 16.0. The standard InChI is InChI=1S/C7H12Cl3O6P/c1-14-17(13,15-2)16-4-3-5(11)6(12)7(8,9)10/h3-6,11-12H,1-2H3. The maximum Gasteiger partial charge on any atom is 0.528 e. The van der Waals surface area contributed by atoms with Crippen molar-refractivity contribution in [3.63, 3.8) is 0 Å². The zero-order valence-corrected chi connectivity index (χ0v) is 12.1. The molecule has 0 bridgehead atoms. The number of hydrogen-bond acceptors (Lipinski definition) is 6. The first kappa shape index (κ1) is 17.5. The highest BCUT2D eigenvalue weighted by molar-refractivity contribution is 7.48. The Labute approximate surface area is 114 Å². The Morgan fingerprint density at radius 2 is 1.71 bits per heavy atom. The molecule has 0 aliphatic rings. The summed E-state index contributed by atoms with van der Waals surface area (Å²) in [6.07, 6.45) is -1.45. The van der Waals surface area contributed by atoms with Crippen LogP contribution in [-0.2, 0) is 18.1 Å². The van der Waals surface area contributed by atoms with E-state index in [9.17, 15) is 14.8 Å². The number of phosphoric ester groups is 1. The largest absolute Gasteiger partial charge is 0.528 e. The molecule has 0 aliphatic heterocycles. The molecule has 0 aromatic carbocycles. The normalized spacial score (nSPS) is 17.1. The van der Waals surface area contributed by atoms with Crippen LogP contribution < -0.4 is 0 Å².